The third-order valence-electron chi connectivity index (χ3n) is 4.63. The molecule has 0 aromatic rings. The lowest BCUT2D eigenvalue weighted by molar-refractivity contribution is -0.143. The zero-order chi connectivity index (χ0) is 25.0. The van der Waals surface area contributed by atoms with Crippen LogP contribution in [0.4, 0.5) is 0 Å². The van der Waals surface area contributed by atoms with Gasteiger partial charge in [-0.2, -0.15) is 12.6 Å². The Kier molecular flexibility index (Phi) is 13.0. The molecule has 14 heteroatoms. The molecule has 0 fully saturated rings. The molecule has 0 bridgehead atoms. The largest absolute Gasteiger partial charge is 0.481 e. The number of carbonyl (C=O) groups is 6. The second kappa shape index (κ2) is 14.2. The minimum atomic E-state index is -1.59. The zero-order valence-corrected chi connectivity index (χ0v) is 18.8. The highest BCUT2D eigenvalue weighted by Crippen LogP contribution is 2.10. The summed E-state index contributed by atoms with van der Waals surface area (Å²) in [5.41, 5.74) is 10.6. The Morgan fingerprint density at radius 2 is 1.50 bits per heavy atom. The first-order valence-corrected chi connectivity index (χ1v) is 10.5. The summed E-state index contributed by atoms with van der Waals surface area (Å²) in [5, 5.41) is 24.8. The van der Waals surface area contributed by atoms with E-state index in [1.54, 1.807) is 13.8 Å². The number of hydrogen-bond donors (Lipinski definition) is 8. The molecule has 0 saturated heterocycles. The lowest BCUT2D eigenvalue weighted by Crippen LogP contribution is -2.59. The summed E-state index contributed by atoms with van der Waals surface area (Å²) >= 11 is 3.99. The number of carboxylic acids is 2. The molecular weight excluding hydrogens is 446 g/mol. The lowest BCUT2D eigenvalue weighted by Gasteiger charge is -2.27. The molecule has 0 aromatic heterocycles. The fourth-order valence-electron chi connectivity index (χ4n) is 2.50. The molecule has 9 N–H and O–H groups in total. The number of primary amides is 1. The van der Waals surface area contributed by atoms with Gasteiger partial charge in [-0.1, -0.05) is 20.3 Å². The van der Waals surface area contributed by atoms with E-state index in [2.05, 4.69) is 28.6 Å². The van der Waals surface area contributed by atoms with Gasteiger partial charge in [-0.3, -0.25) is 24.0 Å². The Morgan fingerprint density at radius 1 is 0.938 bits per heavy atom. The van der Waals surface area contributed by atoms with Crippen LogP contribution in [0.3, 0.4) is 0 Å². The lowest BCUT2D eigenvalue weighted by atomic mass is 9.97. The first kappa shape index (κ1) is 29.1. The van der Waals surface area contributed by atoms with Crippen LogP contribution in [-0.2, 0) is 28.8 Å². The second-order valence-electron chi connectivity index (χ2n) is 7.22. The van der Waals surface area contributed by atoms with Crippen LogP contribution in [0.1, 0.15) is 39.5 Å². The van der Waals surface area contributed by atoms with Crippen LogP contribution < -0.4 is 27.4 Å². The van der Waals surface area contributed by atoms with E-state index in [-0.39, 0.29) is 24.5 Å². The molecule has 5 unspecified atom stereocenters. The number of aliphatic carboxylic acids is 2. The van der Waals surface area contributed by atoms with E-state index in [9.17, 15) is 28.8 Å². The molecule has 0 heterocycles. The predicted molar refractivity (Wildman–Crippen MR) is 115 cm³/mol. The Morgan fingerprint density at radius 3 is 1.94 bits per heavy atom. The first-order chi connectivity index (χ1) is 14.8. The number of hydrogen-bond acceptors (Lipinski definition) is 8. The highest BCUT2D eigenvalue weighted by molar-refractivity contribution is 7.80. The number of carbonyl (C=O) groups excluding carboxylic acids is 4. The monoisotopic (exact) mass is 477 g/mol. The maximum atomic E-state index is 12.8. The van der Waals surface area contributed by atoms with Crippen LogP contribution in [0.15, 0.2) is 0 Å². The molecule has 5 atom stereocenters. The summed E-state index contributed by atoms with van der Waals surface area (Å²) in [4.78, 5) is 70.3. The minimum Gasteiger partial charge on any atom is -0.481 e. The van der Waals surface area contributed by atoms with Crippen molar-refractivity contribution in [2.45, 2.75) is 63.7 Å². The average Bonchev–Trinajstić information content (AvgIpc) is 2.71. The highest BCUT2D eigenvalue weighted by Gasteiger charge is 2.32. The smallest absolute Gasteiger partial charge is 0.326 e. The molecule has 0 saturated carbocycles. The van der Waals surface area contributed by atoms with Gasteiger partial charge in [0, 0.05) is 12.2 Å². The summed E-state index contributed by atoms with van der Waals surface area (Å²) in [6.07, 6.45) is -0.630. The van der Waals surface area contributed by atoms with Crippen molar-refractivity contribution in [1.29, 1.82) is 0 Å². The number of thiol groups is 1. The van der Waals surface area contributed by atoms with Crippen molar-refractivity contribution in [3.8, 4) is 0 Å². The summed E-state index contributed by atoms with van der Waals surface area (Å²) in [6.45, 7) is 3.45. The van der Waals surface area contributed by atoms with E-state index in [0.29, 0.717) is 6.42 Å². The molecule has 0 aliphatic carbocycles. The normalized spacial score (nSPS) is 15.4. The van der Waals surface area contributed by atoms with E-state index in [0.717, 1.165) is 0 Å². The number of carboxylic acid groups (broad SMARTS) is 2. The second-order valence-corrected chi connectivity index (χ2v) is 7.59. The standard InChI is InChI=1S/C18H31N5O8S/c1-3-8(2)14(23-15(27)9(19)4-5-13(25)26)17(29)22-11(7-32)16(28)21-10(18(30)31)6-12(20)24/h8-11,14,32H,3-7,19H2,1-2H3,(H2,20,24)(H,21,28)(H,22,29)(H,23,27)(H,25,26)(H,30,31). The molecule has 0 spiro atoms. The molecule has 4 amide bonds. The van der Waals surface area contributed by atoms with Crippen molar-refractivity contribution in [1.82, 2.24) is 16.0 Å². The Bertz CT molecular complexity index is 719. The fraction of sp³-hybridized carbons (Fsp3) is 0.667. The van der Waals surface area contributed by atoms with Crippen LogP contribution in [0.5, 0.6) is 0 Å². The fourth-order valence-corrected chi connectivity index (χ4v) is 2.76. The summed E-state index contributed by atoms with van der Waals surface area (Å²) < 4.78 is 0. The van der Waals surface area contributed by atoms with Gasteiger partial charge >= 0.3 is 11.9 Å². The molecule has 182 valence electrons. The van der Waals surface area contributed by atoms with Gasteiger partial charge in [-0.05, 0) is 12.3 Å². The molecule has 32 heavy (non-hydrogen) atoms. The van der Waals surface area contributed by atoms with Crippen LogP contribution in [0.25, 0.3) is 0 Å². The van der Waals surface area contributed by atoms with Crippen LogP contribution in [0.2, 0.25) is 0 Å². The Labute approximate surface area is 190 Å². The van der Waals surface area contributed by atoms with Crippen molar-refractivity contribution < 1.29 is 39.0 Å². The molecule has 13 nitrogen and oxygen atoms in total. The number of nitrogens with one attached hydrogen (secondary N) is 3. The van der Waals surface area contributed by atoms with Gasteiger partial charge < -0.3 is 37.6 Å². The quantitative estimate of drug-likeness (QED) is 0.117. The Balaban J connectivity index is 5.29. The van der Waals surface area contributed by atoms with Gasteiger partial charge in [0.2, 0.25) is 23.6 Å². The summed E-state index contributed by atoms with van der Waals surface area (Å²) in [7, 11) is 0. The first-order valence-electron chi connectivity index (χ1n) is 9.84. The molecule has 0 radical (unpaired) electrons. The van der Waals surface area contributed by atoms with Gasteiger partial charge in [0.05, 0.1) is 12.5 Å². The maximum Gasteiger partial charge on any atom is 0.326 e. The van der Waals surface area contributed by atoms with E-state index in [1.165, 1.54) is 0 Å². The summed E-state index contributed by atoms with van der Waals surface area (Å²) in [6, 6.07) is -5.11. The third-order valence-corrected chi connectivity index (χ3v) is 5.00. The van der Waals surface area contributed by atoms with Crippen molar-refractivity contribution in [2.24, 2.45) is 17.4 Å². The molecular formula is C18H31N5O8S. The van der Waals surface area contributed by atoms with Crippen molar-refractivity contribution in [3.63, 3.8) is 0 Å². The maximum absolute atomic E-state index is 12.8. The zero-order valence-electron chi connectivity index (χ0n) is 17.9. The van der Waals surface area contributed by atoms with Gasteiger partial charge in [0.15, 0.2) is 0 Å². The van der Waals surface area contributed by atoms with Gasteiger partial charge in [0.1, 0.15) is 18.1 Å². The molecule has 0 rings (SSSR count). The van der Waals surface area contributed by atoms with Crippen molar-refractivity contribution in [2.75, 3.05) is 5.75 Å². The van der Waals surface area contributed by atoms with Gasteiger partial charge in [-0.15, -0.1) is 0 Å². The Hall–Kier alpha value is -2.87. The van der Waals surface area contributed by atoms with Crippen LogP contribution >= 0.6 is 12.6 Å². The van der Waals surface area contributed by atoms with E-state index >= 15 is 0 Å². The number of rotatable bonds is 15. The van der Waals surface area contributed by atoms with E-state index in [1.807, 2.05) is 0 Å². The molecule has 0 aromatic carbocycles. The van der Waals surface area contributed by atoms with Crippen LogP contribution in [-0.4, -0.2) is 75.7 Å². The third kappa shape index (κ3) is 10.4. The predicted octanol–water partition coefficient (Wildman–Crippen LogP) is -2.43. The van der Waals surface area contributed by atoms with E-state index in [4.69, 9.17) is 21.7 Å². The topological polar surface area (TPSA) is 231 Å². The molecule has 0 aliphatic rings. The highest BCUT2D eigenvalue weighted by atomic mass is 32.1. The van der Waals surface area contributed by atoms with Gasteiger partial charge in [-0.25, -0.2) is 4.79 Å². The van der Waals surface area contributed by atoms with Crippen molar-refractivity contribution >= 4 is 48.2 Å². The summed E-state index contributed by atoms with van der Waals surface area (Å²) in [5.74, 6) is -6.52. The van der Waals surface area contributed by atoms with Gasteiger partial charge in [0.25, 0.3) is 0 Å². The van der Waals surface area contributed by atoms with Crippen molar-refractivity contribution in [3.05, 3.63) is 0 Å². The van der Waals surface area contributed by atoms with E-state index < -0.39 is 66.2 Å². The SMILES string of the molecule is CCC(C)C(NC(=O)C(N)CCC(=O)O)C(=O)NC(CS)C(=O)NC(CC(N)=O)C(=O)O. The van der Waals surface area contributed by atoms with Crippen LogP contribution in [0, 0.1) is 5.92 Å². The number of amides is 4. The molecule has 0 aliphatic heterocycles. The average molecular weight is 478 g/mol. The number of nitrogens with two attached hydrogens (primary N) is 2. The minimum absolute atomic E-state index is 0.131.